The van der Waals surface area contributed by atoms with E-state index in [9.17, 15) is 4.79 Å². The molecule has 1 aliphatic rings. The molecule has 0 bridgehead atoms. The first-order valence-corrected chi connectivity index (χ1v) is 7.93. The van der Waals surface area contributed by atoms with Crippen molar-refractivity contribution in [2.75, 3.05) is 13.4 Å². The number of halogens is 1. The van der Waals surface area contributed by atoms with Gasteiger partial charge in [-0.15, -0.1) is 0 Å². The molecule has 0 amide bonds. The second kappa shape index (κ2) is 6.64. The second-order valence-electron chi connectivity index (χ2n) is 5.04. The molecule has 2 N–H and O–H groups in total. The highest BCUT2D eigenvalue weighted by Gasteiger charge is 2.21. The number of H-pyrrole nitrogens is 2. The molecular weight excluding hydrogens is 340 g/mol. The normalized spacial score (nSPS) is 12.4. The van der Waals surface area contributed by atoms with Gasteiger partial charge in [-0.05, 0) is 18.1 Å². The van der Waals surface area contributed by atoms with Gasteiger partial charge >= 0.3 is 5.97 Å². The summed E-state index contributed by atoms with van der Waals surface area (Å²) in [4.78, 5) is 12.2. The molecule has 1 aromatic carbocycles. The summed E-state index contributed by atoms with van der Waals surface area (Å²) in [5.41, 5.74) is 1.75. The third kappa shape index (κ3) is 3.20. The quantitative estimate of drug-likeness (QED) is 0.633. The zero-order valence-electron chi connectivity index (χ0n) is 12.4. The van der Waals surface area contributed by atoms with Gasteiger partial charge in [0.1, 0.15) is 10.2 Å². The topological polar surface area (TPSA) is 76.3 Å². The van der Waals surface area contributed by atoms with Crippen LogP contribution in [-0.2, 0) is 11.2 Å². The van der Waals surface area contributed by atoms with Crippen LogP contribution in [0.4, 0.5) is 0 Å². The van der Waals surface area contributed by atoms with Crippen molar-refractivity contribution < 1.29 is 19.0 Å². The van der Waals surface area contributed by atoms with Gasteiger partial charge in [0.2, 0.25) is 6.79 Å². The average Bonchev–Trinajstić information content (AvgIpc) is 3.11. The number of carbonyl (C=O) groups is 1. The van der Waals surface area contributed by atoms with Crippen molar-refractivity contribution in [2.24, 2.45) is 0 Å². The fraction of sp³-hybridized carbons (Fsp3) is 0.333. The van der Waals surface area contributed by atoms with Gasteiger partial charge in [0.25, 0.3) is 0 Å². The summed E-state index contributed by atoms with van der Waals surface area (Å²) >= 11 is 11.4. The van der Waals surface area contributed by atoms with Crippen molar-refractivity contribution in [3.05, 3.63) is 38.6 Å². The monoisotopic (exact) mass is 354 g/mol. The third-order valence-corrected chi connectivity index (χ3v) is 4.06. The molecule has 8 heteroatoms. The Labute approximate surface area is 142 Å². The lowest BCUT2D eigenvalue weighted by molar-refractivity contribution is 0.0503. The van der Waals surface area contributed by atoms with Crippen LogP contribution in [0.25, 0.3) is 0 Å². The number of carbonyl (C=O) groups excluding carboxylic acids is 1. The Balaban J connectivity index is 1.89. The number of aromatic nitrogens is 2. The van der Waals surface area contributed by atoms with Crippen molar-refractivity contribution in [1.29, 1.82) is 0 Å². The third-order valence-electron chi connectivity index (χ3n) is 3.41. The summed E-state index contributed by atoms with van der Waals surface area (Å²) in [5.74, 6) is 0.804. The zero-order valence-corrected chi connectivity index (χ0v) is 14.0. The Hall–Kier alpha value is -1.99. The van der Waals surface area contributed by atoms with Gasteiger partial charge in [0.05, 0.1) is 12.3 Å². The molecule has 0 radical (unpaired) electrons. The van der Waals surface area contributed by atoms with E-state index in [0.29, 0.717) is 45.4 Å². The van der Waals surface area contributed by atoms with Crippen LogP contribution < -0.4 is 9.47 Å². The molecule has 2 heterocycles. The molecule has 122 valence electrons. The maximum atomic E-state index is 12.2. The molecule has 0 unspecified atom stereocenters. The van der Waals surface area contributed by atoms with Crippen LogP contribution in [0.3, 0.4) is 0 Å². The van der Waals surface area contributed by atoms with Crippen molar-refractivity contribution in [2.45, 2.75) is 19.8 Å². The molecule has 0 aliphatic carbocycles. The summed E-state index contributed by atoms with van der Waals surface area (Å²) in [5, 5.41) is 6.22. The van der Waals surface area contributed by atoms with Crippen molar-refractivity contribution in [1.82, 2.24) is 10.2 Å². The highest BCUT2D eigenvalue weighted by Crippen LogP contribution is 2.37. The van der Waals surface area contributed by atoms with Gasteiger partial charge in [-0.1, -0.05) is 30.7 Å². The van der Waals surface area contributed by atoms with E-state index in [-0.39, 0.29) is 6.79 Å². The number of hydrogen-bond acceptors (Lipinski definition) is 5. The van der Waals surface area contributed by atoms with Crippen LogP contribution in [0.15, 0.2) is 12.1 Å². The van der Waals surface area contributed by atoms with Crippen LogP contribution >= 0.6 is 23.8 Å². The number of hydrogen-bond donors (Lipinski definition) is 2. The van der Waals surface area contributed by atoms with E-state index < -0.39 is 5.97 Å². The van der Waals surface area contributed by atoms with E-state index in [4.69, 9.17) is 38.0 Å². The number of aromatic amines is 2. The van der Waals surface area contributed by atoms with Crippen molar-refractivity contribution in [3.63, 3.8) is 0 Å². The van der Waals surface area contributed by atoms with Crippen LogP contribution in [-0.4, -0.2) is 29.6 Å². The number of ether oxygens (including phenoxy) is 3. The standard InChI is InChI=1S/C15H15ClN2O4S/c1-2-3-20-15(19)13-10(17-18-14(13)23)4-8-5-11-12(6-9(8)16)22-7-21-11/h5-6H,2-4,7H2,1H3,(H2,17,18,23). The predicted octanol–water partition coefficient (Wildman–Crippen LogP) is 3.61. The predicted molar refractivity (Wildman–Crippen MR) is 86.9 cm³/mol. The number of esters is 1. The van der Waals surface area contributed by atoms with Crippen LogP contribution in [0, 0.1) is 4.64 Å². The molecule has 0 atom stereocenters. The Morgan fingerprint density at radius 2 is 2.09 bits per heavy atom. The van der Waals surface area contributed by atoms with Gasteiger partial charge in [-0.3, -0.25) is 5.10 Å². The molecule has 0 spiro atoms. The lowest BCUT2D eigenvalue weighted by Crippen LogP contribution is -2.08. The molecule has 2 aromatic rings. The fourth-order valence-electron chi connectivity index (χ4n) is 2.29. The molecule has 3 rings (SSSR count). The highest BCUT2D eigenvalue weighted by atomic mass is 35.5. The molecule has 23 heavy (non-hydrogen) atoms. The highest BCUT2D eigenvalue weighted by molar-refractivity contribution is 7.71. The van der Waals surface area contributed by atoms with Crippen LogP contribution in [0.5, 0.6) is 11.5 Å². The summed E-state index contributed by atoms with van der Waals surface area (Å²) in [6.07, 6.45) is 1.13. The maximum absolute atomic E-state index is 12.2. The Kier molecular flexibility index (Phi) is 4.58. The first-order chi connectivity index (χ1) is 11.1. The van der Waals surface area contributed by atoms with E-state index in [2.05, 4.69) is 10.2 Å². The van der Waals surface area contributed by atoms with E-state index in [0.717, 1.165) is 12.0 Å². The lowest BCUT2D eigenvalue weighted by atomic mass is 10.1. The minimum absolute atomic E-state index is 0.177. The summed E-state index contributed by atoms with van der Waals surface area (Å²) in [7, 11) is 0. The molecule has 0 saturated carbocycles. The second-order valence-corrected chi connectivity index (χ2v) is 5.86. The smallest absolute Gasteiger partial charge is 0.343 e. The SMILES string of the molecule is CCCOC(=O)c1c(Cc2cc3c(cc2Cl)OCO3)[nH][nH]c1=S. The van der Waals surface area contributed by atoms with Gasteiger partial charge < -0.3 is 19.3 Å². The first-order valence-electron chi connectivity index (χ1n) is 7.14. The fourth-order valence-corrected chi connectivity index (χ4v) is 2.77. The molecule has 1 aliphatic heterocycles. The maximum Gasteiger partial charge on any atom is 0.343 e. The number of rotatable bonds is 5. The largest absolute Gasteiger partial charge is 0.462 e. The van der Waals surface area contributed by atoms with E-state index in [1.54, 1.807) is 12.1 Å². The Bertz CT molecular complexity index is 799. The molecular formula is C15H15ClN2O4S. The van der Waals surface area contributed by atoms with Crippen molar-refractivity contribution >= 4 is 29.8 Å². The summed E-state index contributed by atoms with van der Waals surface area (Å²) in [6.45, 7) is 2.46. The van der Waals surface area contributed by atoms with Gasteiger partial charge in [-0.25, -0.2) is 4.79 Å². The van der Waals surface area contributed by atoms with E-state index in [1.165, 1.54) is 0 Å². The van der Waals surface area contributed by atoms with Crippen LogP contribution in [0.1, 0.15) is 35.0 Å². The molecule has 0 saturated heterocycles. The number of fused-ring (bicyclic) bond motifs is 1. The summed E-state index contributed by atoms with van der Waals surface area (Å²) in [6, 6.07) is 3.51. The van der Waals surface area contributed by atoms with Gasteiger partial charge in [0.15, 0.2) is 11.5 Å². The number of benzene rings is 1. The van der Waals surface area contributed by atoms with E-state index >= 15 is 0 Å². The van der Waals surface area contributed by atoms with Gasteiger partial charge in [0, 0.05) is 17.5 Å². The van der Waals surface area contributed by atoms with Gasteiger partial charge in [-0.2, -0.15) is 0 Å². The number of nitrogens with one attached hydrogen (secondary N) is 2. The minimum Gasteiger partial charge on any atom is -0.462 e. The summed E-state index contributed by atoms with van der Waals surface area (Å²) < 4.78 is 16.1. The molecule has 0 fully saturated rings. The molecule has 1 aromatic heterocycles. The Morgan fingerprint density at radius 3 is 2.83 bits per heavy atom. The van der Waals surface area contributed by atoms with Crippen LogP contribution in [0.2, 0.25) is 5.02 Å². The lowest BCUT2D eigenvalue weighted by Gasteiger charge is -2.07. The minimum atomic E-state index is -0.443. The van der Waals surface area contributed by atoms with Crippen molar-refractivity contribution in [3.8, 4) is 11.5 Å². The Morgan fingerprint density at radius 1 is 1.35 bits per heavy atom. The average molecular weight is 355 g/mol. The molecule has 6 nitrogen and oxygen atoms in total. The zero-order chi connectivity index (χ0) is 16.4. The first kappa shape index (κ1) is 15.9. The van der Waals surface area contributed by atoms with E-state index in [1.807, 2.05) is 6.92 Å².